The van der Waals surface area contributed by atoms with Crippen molar-refractivity contribution in [3.05, 3.63) is 12.2 Å². The Morgan fingerprint density at radius 1 is 1.27 bits per heavy atom. The van der Waals surface area contributed by atoms with Crippen LogP contribution in [0.25, 0.3) is 0 Å². The van der Waals surface area contributed by atoms with E-state index < -0.39 is 17.4 Å². The quantitative estimate of drug-likeness (QED) is 0.731. The Bertz CT molecular complexity index is 641. The largest absolute Gasteiger partial charge is 0.360 e. The number of hydrogen-bond acceptors (Lipinski definition) is 4. The minimum Gasteiger partial charge on any atom is -0.360 e. The van der Waals surface area contributed by atoms with Crippen LogP contribution in [0.3, 0.4) is 0 Å². The fourth-order valence-electron chi connectivity index (χ4n) is 4.92. The van der Waals surface area contributed by atoms with Gasteiger partial charge in [0.15, 0.2) is 0 Å². The topological polar surface area (TPSA) is 79.0 Å². The predicted octanol–water partition coefficient (Wildman–Crippen LogP) is 0.307. The van der Waals surface area contributed by atoms with Gasteiger partial charge in [0.2, 0.25) is 17.7 Å². The second kappa shape index (κ2) is 6.68. The number of hydrogen-bond donors (Lipinski definition) is 1. The van der Waals surface area contributed by atoms with Crippen LogP contribution in [0.15, 0.2) is 12.2 Å². The molecule has 0 saturated carbocycles. The number of fused-ring (bicyclic) bond motifs is 1. The molecule has 4 heterocycles. The van der Waals surface area contributed by atoms with Crippen LogP contribution >= 0.6 is 0 Å². The van der Waals surface area contributed by atoms with E-state index in [1.807, 2.05) is 17.1 Å². The Labute approximate surface area is 153 Å². The summed E-state index contributed by atoms with van der Waals surface area (Å²) in [4.78, 5) is 41.0. The van der Waals surface area contributed by atoms with Gasteiger partial charge in [0, 0.05) is 33.1 Å². The summed E-state index contributed by atoms with van der Waals surface area (Å²) in [5.74, 6) is -0.885. The lowest BCUT2D eigenvalue weighted by Crippen LogP contribution is -2.46. The summed E-state index contributed by atoms with van der Waals surface area (Å²) < 4.78 is 6.16. The van der Waals surface area contributed by atoms with Crippen molar-refractivity contribution >= 4 is 17.7 Å². The highest BCUT2D eigenvalue weighted by molar-refractivity contribution is 5.93. The van der Waals surface area contributed by atoms with Crippen LogP contribution in [0.1, 0.15) is 32.6 Å². The molecule has 1 spiro atoms. The number of likely N-dealkylation sites (tertiary alicyclic amines) is 2. The van der Waals surface area contributed by atoms with Gasteiger partial charge < -0.3 is 19.9 Å². The average Bonchev–Trinajstić information content (AvgIpc) is 3.13. The molecule has 1 N–H and O–H groups in total. The highest BCUT2D eigenvalue weighted by Crippen LogP contribution is 2.52. The molecule has 4 aliphatic rings. The van der Waals surface area contributed by atoms with Crippen molar-refractivity contribution in [3.8, 4) is 0 Å². The molecule has 4 rings (SSSR count). The molecule has 2 unspecified atom stereocenters. The SMILES string of the molecule is CC(=O)NCCN1C[C@@]23C=C[C@@H](O2)C(C(=O)N2CCCCCC2)C3C1=O. The maximum absolute atomic E-state index is 13.2. The first-order valence-electron chi connectivity index (χ1n) is 9.71. The van der Waals surface area contributed by atoms with Crippen molar-refractivity contribution in [1.82, 2.24) is 15.1 Å². The lowest BCUT2D eigenvalue weighted by atomic mass is 9.76. The maximum Gasteiger partial charge on any atom is 0.230 e. The van der Waals surface area contributed by atoms with Crippen LogP contribution in [0.5, 0.6) is 0 Å². The molecule has 2 bridgehead atoms. The van der Waals surface area contributed by atoms with Crippen molar-refractivity contribution < 1.29 is 19.1 Å². The molecule has 0 radical (unpaired) electrons. The molecule has 26 heavy (non-hydrogen) atoms. The third kappa shape index (κ3) is 2.82. The van der Waals surface area contributed by atoms with Crippen LogP contribution in [0.2, 0.25) is 0 Å². The van der Waals surface area contributed by atoms with Crippen LogP contribution in [-0.4, -0.2) is 72.0 Å². The Morgan fingerprint density at radius 2 is 2.00 bits per heavy atom. The molecule has 0 aromatic rings. The fourth-order valence-corrected chi connectivity index (χ4v) is 4.92. The standard InChI is InChI=1S/C19H27N3O4/c1-13(23)20-8-11-22-12-19-7-6-14(26-19)15(16(19)18(22)25)17(24)21-9-4-2-3-5-10-21/h6-7,14-16H,2-5,8-12H2,1H3,(H,20,23)/t14-,15?,16?,19-/m1/s1. The molecular formula is C19H27N3O4. The van der Waals surface area contributed by atoms with E-state index in [2.05, 4.69) is 5.32 Å². The molecule has 3 amide bonds. The second-order valence-corrected chi connectivity index (χ2v) is 7.88. The third-order valence-corrected chi connectivity index (χ3v) is 6.14. The molecule has 7 heteroatoms. The Balaban J connectivity index is 1.50. The van der Waals surface area contributed by atoms with Gasteiger partial charge >= 0.3 is 0 Å². The Kier molecular flexibility index (Phi) is 4.50. The highest BCUT2D eigenvalue weighted by atomic mass is 16.5. The summed E-state index contributed by atoms with van der Waals surface area (Å²) in [6.45, 7) is 4.36. The van der Waals surface area contributed by atoms with E-state index >= 15 is 0 Å². The van der Waals surface area contributed by atoms with Crippen molar-refractivity contribution in [2.24, 2.45) is 11.8 Å². The average molecular weight is 361 g/mol. The zero-order chi connectivity index (χ0) is 18.3. The third-order valence-electron chi connectivity index (χ3n) is 6.14. The van der Waals surface area contributed by atoms with E-state index in [1.54, 1.807) is 4.90 Å². The van der Waals surface area contributed by atoms with Crippen molar-refractivity contribution in [2.75, 3.05) is 32.7 Å². The van der Waals surface area contributed by atoms with E-state index in [9.17, 15) is 14.4 Å². The number of amides is 3. The van der Waals surface area contributed by atoms with Gasteiger partial charge in [-0.05, 0) is 12.8 Å². The minimum absolute atomic E-state index is 0.0182. The van der Waals surface area contributed by atoms with E-state index in [-0.39, 0.29) is 23.8 Å². The lowest BCUT2D eigenvalue weighted by Gasteiger charge is -2.29. The van der Waals surface area contributed by atoms with Crippen LogP contribution < -0.4 is 5.32 Å². The van der Waals surface area contributed by atoms with E-state index in [0.29, 0.717) is 19.6 Å². The maximum atomic E-state index is 13.2. The van der Waals surface area contributed by atoms with Gasteiger partial charge in [0.25, 0.3) is 0 Å². The number of carbonyl (C=O) groups excluding carboxylic acids is 3. The predicted molar refractivity (Wildman–Crippen MR) is 94.0 cm³/mol. The molecule has 0 aromatic carbocycles. The van der Waals surface area contributed by atoms with E-state index in [4.69, 9.17) is 4.74 Å². The van der Waals surface area contributed by atoms with Gasteiger partial charge in [-0.25, -0.2) is 0 Å². The number of nitrogens with zero attached hydrogens (tertiary/aromatic N) is 2. The number of carbonyl (C=O) groups is 3. The lowest BCUT2D eigenvalue weighted by molar-refractivity contribution is -0.143. The Morgan fingerprint density at radius 3 is 2.69 bits per heavy atom. The zero-order valence-corrected chi connectivity index (χ0v) is 15.3. The summed E-state index contributed by atoms with van der Waals surface area (Å²) in [5.41, 5.74) is -0.663. The van der Waals surface area contributed by atoms with Gasteiger partial charge in [-0.15, -0.1) is 0 Å². The molecule has 142 valence electrons. The monoisotopic (exact) mass is 361 g/mol. The number of nitrogens with one attached hydrogen (secondary N) is 1. The number of rotatable bonds is 4. The van der Waals surface area contributed by atoms with Crippen molar-refractivity contribution in [3.63, 3.8) is 0 Å². The van der Waals surface area contributed by atoms with Crippen LogP contribution in [0.4, 0.5) is 0 Å². The zero-order valence-electron chi connectivity index (χ0n) is 15.3. The van der Waals surface area contributed by atoms with E-state index in [0.717, 1.165) is 38.8 Å². The van der Waals surface area contributed by atoms with Gasteiger partial charge in [0.05, 0.1) is 24.5 Å². The van der Waals surface area contributed by atoms with Gasteiger partial charge in [-0.3, -0.25) is 14.4 Å². The molecule has 3 fully saturated rings. The first-order chi connectivity index (χ1) is 12.5. The number of ether oxygens (including phenoxy) is 1. The smallest absolute Gasteiger partial charge is 0.230 e. The van der Waals surface area contributed by atoms with Crippen LogP contribution in [0, 0.1) is 11.8 Å². The normalized spacial score (nSPS) is 35.6. The minimum atomic E-state index is -0.663. The molecule has 4 atom stereocenters. The summed E-state index contributed by atoms with van der Waals surface area (Å²) in [6.07, 6.45) is 8.05. The first-order valence-corrected chi connectivity index (χ1v) is 9.71. The summed E-state index contributed by atoms with van der Waals surface area (Å²) in [6, 6.07) is 0. The molecule has 0 aromatic heterocycles. The summed E-state index contributed by atoms with van der Waals surface area (Å²) in [5, 5.41) is 2.73. The summed E-state index contributed by atoms with van der Waals surface area (Å²) in [7, 11) is 0. The van der Waals surface area contributed by atoms with Gasteiger partial charge in [-0.2, -0.15) is 0 Å². The van der Waals surface area contributed by atoms with Crippen LogP contribution in [-0.2, 0) is 19.1 Å². The highest BCUT2D eigenvalue weighted by Gasteiger charge is 2.67. The molecule has 4 aliphatic heterocycles. The Hall–Kier alpha value is -1.89. The van der Waals surface area contributed by atoms with Gasteiger partial charge in [-0.1, -0.05) is 25.0 Å². The van der Waals surface area contributed by atoms with Crippen molar-refractivity contribution in [1.29, 1.82) is 0 Å². The van der Waals surface area contributed by atoms with Crippen molar-refractivity contribution in [2.45, 2.75) is 44.3 Å². The molecule has 0 aliphatic carbocycles. The van der Waals surface area contributed by atoms with Gasteiger partial charge in [0.1, 0.15) is 5.60 Å². The molecule has 3 saturated heterocycles. The fraction of sp³-hybridized carbons (Fsp3) is 0.737. The van der Waals surface area contributed by atoms with E-state index in [1.165, 1.54) is 6.92 Å². The summed E-state index contributed by atoms with van der Waals surface area (Å²) >= 11 is 0. The second-order valence-electron chi connectivity index (χ2n) is 7.88. The first kappa shape index (κ1) is 17.5. The molecular weight excluding hydrogens is 334 g/mol. The molecule has 7 nitrogen and oxygen atoms in total.